The van der Waals surface area contributed by atoms with Crippen LogP contribution < -0.4 is 9.26 Å². The molecule has 3 rings (SSSR count). The third kappa shape index (κ3) is 7.09. The highest BCUT2D eigenvalue weighted by atomic mass is 31.2. The Morgan fingerprint density at radius 3 is 2.51 bits per heavy atom. The molecular formula is C27H37O6PSi. The summed E-state index contributed by atoms with van der Waals surface area (Å²) in [6.07, 6.45) is 3.13. The first-order valence-corrected chi connectivity index (χ1v) is 17.6. The summed E-state index contributed by atoms with van der Waals surface area (Å²) in [6.45, 7) is 13.6. The summed E-state index contributed by atoms with van der Waals surface area (Å²) in [6, 6.07) is 9.64. The van der Waals surface area contributed by atoms with Crippen LogP contribution in [0.1, 0.15) is 46.5 Å². The molecule has 1 atom stereocenters. The lowest BCUT2D eigenvalue weighted by Crippen LogP contribution is -2.23. The van der Waals surface area contributed by atoms with E-state index in [0.29, 0.717) is 30.1 Å². The third-order valence-corrected chi connectivity index (χ3v) is 9.27. The quantitative estimate of drug-likeness (QED) is 0.155. The Morgan fingerprint density at radius 1 is 1.20 bits per heavy atom. The van der Waals surface area contributed by atoms with Gasteiger partial charge in [-0.05, 0) is 56.0 Å². The molecule has 0 amide bonds. The molecule has 0 spiro atoms. The number of carbonyl (C=O) groups is 1. The standard InChI is InChI=1S/C27H37O6PSi/c1-7-22-20(3)24-17-32-27(28)25(24)26(31-15-16-35(4,5)6)23(22)14-13-19(2)18-34(29,30)33-21-11-9-8-10-12-21/h8-13H,7,14-18H2,1-6H3,(H,29,30)/b19-13+. The molecule has 190 valence electrons. The Morgan fingerprint density at radius 2 is 1.89 bits per heavy atom. The summed E-state index contributed by atoms with van der Waals surface area (Å²) in [7, 11) is -5.19. The summed E-state index contributed by atoms with van der Waals surface area (Å²) in [5.74, 6) is 0.636. The van der Waals surface area contributed by atoms with Crippen molar-refractivity contribution in [3.8, 4) is 11.5 Å². The molecule has 6 nitrogen and oxygen atoms in total. The van der Waals surface area contributed by atoms with E-state index in [1.807, 2.05) is 26.0 Å². The first-order valence-electron chi connectivity index (χ1n) is 12.1. The van der Waals surface area contributed by atoms with Gasteiger partial charge in [-0.1, -0.05) is 56.4 Å². The average molecular weight is 517 g/mol. The molecule has 0 saturated carbocycles. The van der Waals surface area contributed by atoms with E-state index in [0.717, 1.165) is 40.3 Å². The van der Waals surface area contributed by atoms with E-state index in [2.05, 4.69) is 26.6 Å². The fourth-order valence-electron chi connectivity index (χ4n) is 4.27. The molecular weight excluding hydrogens is 479 g/mol. The zero-order valence-corrected chi connectivity index (χ0v) is 23.5. The molecule has 0 aromatic heterocycles. The number of allylic oxidation sites excluding steroid dienone is 2. The maximum atomic E-state index is 12.7. The van der Waals surface area contributed by atoms with Crippen molar-refractivity contribution in [3.05, 3.63) is 69.8 Å². The lowest BCUT2D eigenvalue weighted by atomic mass is 9.89. The molecule has 35 heavy (non-hydrogen) atoms. The van der Waals surface area contributed by atoms with Gasteiger partial charge in [-0.3, -0.25) is 0 Å². The van der Waals surface area contributed by atoms with Crippen molar-refractivity contribution >= 4 is 21.6 Å². The number of hydrogen-bond donors (Lipinski definition) is 1. The van der Waals surface area contributed by atoms with Gasteiger partial charge < -0.3 is 18.9 Å². The van der Waals surface area contributed by atoms with Gasteiger partial charge in [0, 0.05) is 19.2 Å². The molecule has 1 aliphatic heterocycles. The van der Waals surface area contributed by atoms with Gasteiger partial charge in [0.05, 0.1) is 12.8 Å². The number of carbonyl (C=O) groups excluding carboxylic acids is 1. The SMILES string of the molecule is CCc1c(C)c2c(c(OCC[Si](C)(C)C)c1C/C=C(\C)CP(=O)(O)Oc1ccccc1)C(=O)OC2. The summed E-state index contributed by atoms with van der Waals surface area (Å²) in [4.78, 5) is 23.1. The van der Waals surface area contributed by atoms with Crippen molar-refractivity contribution in [3.63, 3.8) is 0 Å². The van der Waals surface area contributed by atoms with Gasteiger partial charge in [0.2, 0.25) is 0 Å². The molecule has 0 aliphatic carbocycles. The van der Waals surface area contributed by atoms with Crippen LogP contribution in [0, 0.1) is 6.92 Å². The van der Waals surface area contributed by atoms with E-state index in [-0.39, 0.29) is 18.7 Å². The van der Waals surface area contributed by atoms with Gasteiger partial charge in [0.15, 0.2) is 0 Å². The molecule has 1 N–H and O–H groups in total. The topological polar surface area (TPSA) is 82.1 Å². The van der Waals surface area contributed by atoms with Crippen LogP contribution in [-0.2, 0) is 28.8 Å². The summed E-state index contributed by atoms with van der Waals surface area (Å²) in [5.41, 5.74) is 5.35. The largest absolute Gasteiger partial charge is 0.493 e. The van der Waals surface area contributed by atoms with Gasteiger partial charge in [-0.15, -0.1) is 0 Å². The van der Waals surface area contributed by atoms with Crippen LogP contribution in [0.25, 0.3) is 0 Å². The summed E-state index contributed by atoms with van der Waals surface area (Å²) < 4.78 is 29.7. The third-order valence-electron chi connectivity index (χ3n) is 6.17. The highest BCUT2D eigenvalue weighted by Gasteiger charge is 2.32. The maximum absolute atomic E-state index is 12.7. The van der Waals surface area contributed by atoms with E-state index in [1.54, 1.807) is 24.3 Å². The summed E-state index contributed by atoms with van der Waals surface area (Å²) >= 11 is 0. The Bertz CT molecular complexity index is 1150. The van der Waals surface area contributed by atoms with Crippen LogP contribution in [0.4, 0.5) is 0 Å². The molecule has 1 heterocycles. The number of para-hydroxylation sites is 1. The van der Waals surface area contributed by atoms with Gasteiger partial charge >= 0.3 is 13.6 Å². The van der Waals surface area contributed by atoms with Crippen molar-refractivity contribution in [1.29, 1.82) is 0 Å². The molecule has 2 aromatic rings. The zero-order chi connectivity index (χ0) is 25.8. The van der Waals surface area contributed by atoms with E-state index in [4.69, 9.17) is 14.0 Å². The van der Waals surface area contributed by atoms with Crippen LogP contribution in [0.3, 0.4) is 0 Å². The average Bonchev–Trinajstić information content (AvgIpc) is 3.15. The van der Waals surface area contributed by atoms with Gasteiger partial charge in [0.1, 0.15) is 23.7 Å². The number of cyclic esters (lactones) is 1. The molecule has 1 unspecified atom stereocenters. The number of hydrogen-bond acceptors (Lipinski definition) is 5. The van der Waals surface area contributed by atoms with Crippen LogP contribution in [-0.4, -0.2) is 31.7 Å². The molecule has 0 saturated heterocycles. The van der Waals surface area contributed by atoms with Crippen LogP contribution in [0.5, 0.6) is 11.5 Å². The normalized spacial score (nSPS) is 15.4. The van der Waals surface area contributed by atoms with Crippen molar-refractivity contribution < 1.29 is 28.3 Å². The molecule has 2 aromatic carbocycles. The lowest BCUT2D eigenvalue weighted by molar-refractivity contribution is 0.0532. The first kappa shape index (κ1) is 27.2. The second-order valence-electron chi connectivity index (χ2n) is 10.3. The minimum Gasteiger partial charge on any atom is -0.493 e. The van der Waals surface area contributed by atoms with E-state index in [9.17, 15) is 14.3 Å². The van der Waals surface area contributed by atoms with Gasteiger partial charge in [0.25, 0.3) is 0 Å². The van der Waals surface area contributed by atoms with E-state index >= 15 is 0 Å². The second-order valence-corrected chi connectivity index (χ2v) is 17.7. The predicted molar refractivity (Wildman–Crippen MR) is 143 cm³/mol. The molecule has 0 bridgehead atoms. The minimum absolute atomic E-state index is 0.0822. The van der Waals surface area contributed by atoms with Crippen LogP contribution in [0.15, 0.2) is 42.0 Å². The maximum Gasteiger partial charge on any atom is 0.380 e. The highest BCUT2D eigenvalue weighted by Crippen LogP contribution is 2.44. The van der Waals surface area contributed by atoms with Gasteiger partial charge in [-0.2, -0.15) is 0 Å². The molecule has 8 heteroatoms. The van der Waals surface area contributed by atoms with Crippen molar-refractivity contribution in [2.24, 2.45) is 0 Å². The smallest absolute Gasteiger partial charge is 0.380 e. The Kier molecular flexibility index (Phi) is 8.68. The number of benzene rings is 2. The molecule has 0 radical (unpaired) electrons. The fourth-order valence-corrected chi connectivity index (χ4v) is 6.26. The highest BCUT2D eigenvalue weighted by molar-refractivity contribution is 7.53. The van der Waals surface area contributed by atoms with E-state index in [1.165, 1.54) is 0 Å². The van der Waals surface area contributed by atoms with Crippen LogP contribution >= 0.6 is 7.60 Å². The number of ether oxygens (including phenoxy) is 2. The number of fused-ring (bicyclic) bond motifs is 1. The first-order chi connectivity index (χ1) is 16.4. The zero-order valence-electron chi connectivity index (χ0n) is 21.6. The fraction of sp³-hybridized carbons (Fsp3) is 0.444. The van der Waals surface area contributed by atoms with Crippen molar-refractivity contribution in [1.82, 2.24) is 0 Å². The van der Waals surface area contributed by atoms with Crippen molar-refractivity contribution in [2.75, 3.05) is 12.8 Å². The second kappa shape index (κ2) is 11.1. The summed E-state index contributed by atoms with van der Waals surface area (Å²) in [5, 5.41) is 0. The van der Waals surface area contributed by atoms with Crippen LogP contribution in [0.2, 0.25) is 25.7 Å². The number of rotatable bonds is 11. The monoisotopic (exact) mass is 516 g/mol. The lowest BCUT2D eigenvalue weighted by Gasteiger charge is -2.22. The molecule has 1 aliphatic rings. The van der Waals surface area contributed by atoms with Gasteiger partial charge in [-0.25, -0.2) is 9.36 Å². The Balaban J connectivity index is 1.90. The van der Waals surface area contributed by atoms with Crippen molar-refractivity contribution in [2.45, 2.75) is 65.9 Å². The number of esters is 1. The predicted octanol–water partition coefficient (Wildman–Crippen LogP) is 6.70. The Labute approximate surface area is 209 Å². The Hall–Kier alpha value is -2.34. The molecule has 0 fully saturated rings. The van der Waals surface area contributed by atoms with E-state index < -0.39 is 15.7 Å². The minimum atomic E-state index is -3.86.